The predicted octanol–water partition coefficient (Wildman–Crippen LogP) is 4.97. The lowest BCUT2D eigenvalue weighted by Gasteiger charge is -2.34. The highest BCUT2D eigenvalue weighted by atomic mass is 16.4. The molecule has 0 saturated heterocycles. The van der Waals surface area contributed by atoms with E-state index in [-0.39, 0.29) is 16.5 Å². The van der Waals surface area contributed by atoms with Crippen LogP contribution < -0.4 is 0 Å². The second-order valence-corrected chi connectivity index (χ2v) is 6.30. The zero-order valence-electron chi connectivity index (χ0n) is 14.7. The summed E-state index contributed by atoms with van der Waals surface area (Å²) in [4.78, 5) is 22.2. The minimum absolute atomic E-state index is 0.246. The topological polar surface area (TPSA) is 74.6 Å². The van der Waals surface area contributed by atoms with Crippen LogP contribution in [0.15, 0.2) is 48.5 Å². The van der Waals surface area contributed by atoms with E-state index in [4.69, 9.17) is 10.2 Å². The molecule has 2 aromatic carbocycles. The van der Waals surface area contributed by atoms with Crippen molar-refractivity contribution in [3.63, 3.8) is 0 Å². The molecule has 2 aromatic rings. The van der Waals surface area contributed by atoms with Crippen molar-refractivity contribution in [3.05, 3.63) is 70.8 Å². The molecule has 0 radical (unpaired) electrons. The number of hydrogen-bond acceptors (Lipinski definition) is 2. The molecule has 4 nitrogen and oxygen atoms in total. The Balaban J connectivity index is 2.52. The highest BCUT2D eigenvalue weighted by molar-refractivity contribution is 5.88. The van der Waals surface area contributed by atoms with E-state index < -0.39 is 11.9 Å². The van der Waals surface area contributed by atoms with Gasteiger partial charge in [0.05, 0.1) is 11.1 Å². The lowest BCUT2D eigenvalue weighted by molar-refractivity contribution is 0.0686. The van der Waals surface area contributed by atoms with Crippen molar-refractivity contribution in [3.8, 4) is 0 Å². The fourth-order valence-corrected chi connectivity index (χ4v) is 3.38. The van der Waals surface area contributed by atoms with Gasteiger partial charge in [0.2, 0.25) is 0 Å². The van der Waals surface area contributed by atoms with Crippen LogP contribution in [0.5, 0.6) is 0 Å². The molecule has 0 aromatic heterocycles. The van der Waals surface area contributed by atoms with Crippen molar-refractivity contribution >= 4 is 11.9 Å². The van der Waals surface area contributed by atoms with Gasteiger partial charge in [0, 0.05) is 5.41 Å². The fourth-order valence-electron chi connectivity index (χ4n) is 3.38. The van der Waals surface area contributed by atoms with Crippen LogP contribution in [0.4, 0.5) is 0 Å². The first-order valence-corrected chi connectivity index (χ1v) is 8.62. The molecule has 0 aliphatic rings. The molecule has 0 aliphatic carbocycles. The summed E-state index contributed by atoms with van der Waals surface area (Å²) in [5.41, 5.74) is 2.42. The molecule has 0 amide bonds. The zero-order valence-corrected chi connectivity index (χ0v) is 14.7. The van der Waals surface area contributed by atoms with Gasteiger partial charge in [-0.15, -0.1) is 0 Å². The Morgan fingerprint density at radius 2 is 1.20 bits per heavy atom. The smallest absolute Gasteiger partial charge is 0.335 e. The maximum absolute atomic E-state index is 11.1. The van der Waals surface area contributed by atoms with E-state index in [0.29, 0.717) is 0 Å². The van der Waals surface area contributed by atoms with Gasteiger partial charge in [-0.2, -0.15) is 0 Å². The molecule has 2 N–H and O–H groups in total. The van der Waals surface area contributed by atoms with Crippen LogP contribution in [-0.2, 0) is 5.41 Å². The van der Waals surface area contributed by atoms with E-state index in [1.165, 1.54) is 0 Å². The molecular formula is C21H24O4. The normalized spacial score (nSPS) is 11.3. The van der Waals surface area contributed by atoms with E-state index in [0.717, 1.165) is 36.8 Å². The third-order valence-electron chi connectivity index (χ3n) is 4.93. The summed E-state index contributed by atoms with van der Waals surface area (Å²) < 4.78 is 0. The monoisotopic (exact) mass is 340 g/mol. The van der Waals surface area contributed by atoms with Gasteiger partial charge in [-0.3, -0.25) is 0 Å². The summed E-state index contributed by atoms with van der Waals surface area (Å²) >= 11 is 0. The molecule has 0 atom stereocenters. The van der Waals surface area contributed by atoms with E-state index >= 15 is 0 Å². The van der Waals surface area contributed by atoms with Gasteiger partial charge in [-0.25, -0.2) is 9.59 Å². The molecular weight excluding hydrogens is 316 g/mol. The number of benzene rings is 2. The van der Waals surface area contributed by atoms with E-state index in [1.807, 2.05) is 24.3 Å². The Labute approximate surface area is 148 Å². The number of rotatable bonds is 8. The third-order valence-corrected chi connectivity index (χ3v) is 4.93. The van der Waals surface area contributed by atoms with Crippen LogP contribution in [0.3, 0.4) is 0 Å². The largest absolute Gasteiger partial charge is 0.478 e. The van der Waals surface area contributed by atoms with Crippen molar-refractivity contribution in [1.29, 1.82) is 0 Å². The number of carboxylic acids is 2. The Hall–Kier alpha value is -2.62. The number of carbonyl (C=O) groups is 2. The van der Waals surface area contributed by atoms with Gasteiger partial charge in [-0.1, -0.05) is 51.0 Å². The minimum Gasteiger partial charge on any atom is -0.478 e. The van der Waals surface area contributed by atoms with E-state index in [9.17, 15) is 9.59 Å². The van der Waals surface area contributed by atoms with Crippen LogP contribution in [-0.4, -0.2) is 22.2 Å². The number of hydrogen-bond donors (Lipinski definition) is 2. The van der Waals surface area contributed by atoms with Crippen LogP contribution in [0.25, 0.3) is 0 Å². The Bertz CT molecular complexity index is 672. The van der Waals surface area contributed by atoms with E-state index in [2.05, 4.69) is 13.8 Å². The summed E-state index contributed by atoms with van der Waals surface area (Å²) in [7, 11) is 0. The maximum Gasteiger partial charge on any atom is 0.335 e. The summed E-state index contributed by atoms with van der Waals surface area (Å²) in [5, 5.41) is 18.2. The summed E-state index contributed by atoms with van der Waals surface area (Å²) in [6.45, 7) is 4.26. The molecule has 4 heteroatoms. The summed E-state index contributed by atoms with van der Waals surface area (Å²) in [5.74, 6) is -1.87. The first kappa shape index (κ1) is 18.7. The molecule has 0 unspecified atom stereocenters. The van der Waals surface area contributed by atoms with Crippen LogP contribution >= 0.6 is 0 Å². The maximum atomic E-state index is 11.1. The first-order valence-electron chi connectivity index (χ1n) is 8.62. The van der Waals surface area contributed by atoms with Gasteiger partial charge in [-0.05, 0) is 48.2 Å². The SMILES string of the molecule is CCCCC(CC)(c1ccc(C(=O)O)cc1)c1ccc(C(=O)O)cc1. The van der Waals surface area contributed by atoms with Crippen molar-refractivity contribution in [2.24, 2.45) is 0 Å². The standard InChI is InChI=1S/C21H24O4/c1-3-5-14-21(4-2,17-10-6-15(7-11-17)19(22)23)18-12-8-16(9-13-18)20(24)25/h6-13H,3-5,14H2,1-2H3,(H,22,23)(H,24,25). The zero-order chi connectivity index (χ0) is 18.4. The van der Waals surface area contributed by atoms with Gasteiger partial charge in [0.1, 0.15) is 0 Å². The fraction of sp³-hybridized carbons (Fsp3) is 0.333. The quantitative estimate of drug-likeness (QED) is 0.711. The molecule has 132 valence electrons. The number of carboxylic acid groups (broad SMARTS) is 2. The Kier molecular flexibility index (Phi) is 5.97. The average molecular weight is 340 g/mol. The molecule has 2 rings (SSSR count). The highest BCUT2D eigenvalue weighted by Gasteiger charge is 2.32. The van der Waals surface area contributed by atoms with Gasteiger partial charge < -0.3 is 10.2 Å². The molecule has 0 heterocycles. The summed E-state index contributed by atoms with van der Waals surface area (Å²) in [6.07, 6.45) is 3.88. The van der Waals surface area contributed by atoms with E-state index in [1.54, 1.807) is 24.3 Å². The van der Waals surface area contributed by atoms with Crippen LogP contribution in [0.1, 0.15) is 71.4 Å². The van der Waals surface area contributed by atoms with Crippen LogP contribution in [0, 0.1) is 0 Å². The minimum atomic E-state index is -0.937. The van der Waals surface area contributed by atoms with Gasteiger partial charge >= 0.3 is 11.9 Å². The number of unbranched alkanes of at least 4 members (excludes halogenated alkanes) is 1. The second-order valence-electron chi connectivity index (χ2n) is 6.30. The van der Waals surface area contributed by atoms with Crippen LogP contribution in [0.2, 0.25) is 0 Å². The first-order chi connectivity index (χ1) is 11.9. The molecule has 0 aliphatic heterocycles. The average Bonchev–Trinajstić information content (AvgIpc) is 2.63. The van der Waals surface area contributed by atoms with Crippen molar-refractivity contribution in [2.75, 3.05) is 0 Å². The molecule has 0 spiro atoms. The van der Waals surface area contributed by atoms with Crippen molar-refractivity contribution in [1.82, 2.24) is 0 Å². The number of aromatic carboxylic acids is 2. The third kappa shape index (κ3) is 3.90. The Morgan fingerprint density at radius 1 is 0.800 bits per heavy atom. The highest BCUT2D eigenvalue weighted by Crippen LogP contribution is 2.40. The Morgan fingerprint density at radius 3 is 1.48 bits per heavy atom. The lowest BCUT2D eigenvalue weighted by atomic mass is 9.69. The van der Waals surface area contributed by atoms with Gasteiger partial charge in [0.15, 0.2) is 0 Å². The van der Waals surface area contributed by atoms with Crippen molar-refractivity contribution in [2.45, 2.75) is 44.9 Å². The molecule has 25 heavy (non-hydrogen) atoms. The van der Waals surface area contributed by atoms with Gasteiger partial charge in [0.25, 0.3) is 0 Å². The molecule has 0 bridgehead atoms. The molecule has 0 fully saturated rings. The predicted molar refractivity (Wildman–Crippen MR) is 97.4 cm³/mol. The molecule has 0 saturated carbocycles. The second kappa shape index (κ2) is 7.97. The van der Waals surface area contributed by atoms with Crippen molar-refractivity contribution < 1.29 is 19.8 Å². The lowest BCUT2D eigenvalue weighted by Crippen LogP contribution is -2.27. The summed E-state index contributed by atoms with van der Waals surface area (Å²) in [6, 6.07) is 14.1.